The van der Waals surface area contributed by atoms with E-state index in [1.165, 1.54) is 0 Å². The van der Waals surface area contributed by atoms with Crippen LogP contribution in [0.5, 0.6) is 0 Å². The van der Waals surface area contributed by atoms with Gasteiger partial charge in [-0.1, -0.05) is 0 Å². The summed E-state index contributed by atoms with van der Waals surface area (Å²) in [5.74, 6) is 0.449. The maximum Gasteiger partial charge on any atom is 0.389 e. The van der Waals surface area contributed by atoms with Crippen molar-refractivity contribution in [3.63, 3.8) is 0 Å². The molecule has 1 rings (SSSR count). The molecule has 0 saturated carbocycles. The maximum absolute atomic E-state index is 11.8. The lowest BCUT2D eigenvalue weighted by Crippen LogP contribution is -2.09. The van der Waals surface area contributed by atoms with Crippen molar-refractivity contribution >= 4 is 5.95 Å². The van der Waals surface area contributed by atoms with Crippen molar-refractivity contribution in [1.29, 1.82) is 0 Å². The average Bonchev–Trinajstić information content (AvgIpc) is 2.17. The molecule has 0 spiro atoms. The van der Waals surface area contributed by atoms with Gasteiger partial charge in [0.25, 0.3) is 0 Å². The van der Waals surface area contributed by atoms with E-state index in [0.29, 0.717) is 18.9 Å². The predicted octanol–water partition coefficient (Wildman–Crippen LogP) is 2.62. The van der Waals surface area contributed by atoms with Crippen LogP contribution >= 0.6 is 0 Å². The SMILES string of the molecule is FC(F)(F)CCCCNc1ncccn1. The summed E-state index contributed by atoms with van der Waals surface area (Å²) in [5.41, 5.74) is 0. The van der Waals surface area contributed by atoms with E-state index >= 15 is 0 Å². The van der Waals surface area contributed by atoms with Gasteiger partial charge in [-0.3, -0.25) is 0 Å². The Morgan fingerprint density at radius 1 is 1.13 bits per heavy atom. The Morgan fingerprint density at radius 2 is 1.80 bits per heavy atom. The molecule has 1 heterocycles. The Labute approximate surface area is 85.7 Å². The summed E-state index contributed by atoms with van der Waals surface area (Å²) in [4.78, 5) is 7.76. The third-order valence-electron chi connectivity index (χ3n) is 1.74. The Morgan fingerprint density at radius 3 is 2.40 bits per heavy atom. The molecule has 1 N–H and O–H groups in total. The molecular weight excluding hydrogens is 207 g/mol. The first-order valence-corrected chi connectivity index (χ1v) is 4.65. The van der Waals surface area contributed by atoms with Crippen LogP contribution in [0.3, 0.4) is 0 Å². The van der Waals surface area contributed by atoms with Gasteiger partial charge in [0.1, 0.15) is 0 Å². The lowest BCUT2D eigenvalue weighted by molar-refractivity contribution is -0.135. The summed E-state index contributed by atoms with van der Waals surface area (Å²) in [6, 6.07) is 1.68. The standard InChI is InChI=1S/C9H12F3N3/c10-9(11,12)4-1-2-5-13-8-14-6-3-7-15-8/h3,6-7H,1-2,4-5H2,(H,13,14,15). The molecule has 0 saturated heterocycles. The first kappa shape index (κ1) is 11.7. The van der Waals surface area contributed by atoms with Crippen LogP contribution in [0, 0.1) is 0 Å². The fraction of sp³-hybridized carbons (Fsp3) is 0.556. The molecule has 0 aliphatic carbocycles. The largest absolute Gasteiger partial charge is 0.389 e. The Balaban J connectivity index is 2.08. The molecular formula is C9H12F3N3. The molecule has 0 unspecified atom stereocenters. The van der Waals surface area contributed by atoms with E-state index in [1.807, 2.05) is 0 Å². The monoisotopic (exact) mass is 219 g/mol. The van der Waals surface area contributed by atoms with Gasteiger partial charge in [0.15, 0.2) is 0 Å². The summed E-state index contributed by atoms with van der Waals surface area (Å²) >= 11 is 0. The van der Waals surface area contributed by atoms with Gasteiger partial charge in [-0.25, -0.2) is 9.97 Å². The molecule has 0 aliphatic heterocycles. The van der Waals surface area contributed by atoms with E-state index in [9.17, 15) is 13.2 Å². The van der Waals surface area contributed by atoms with Crippen LogP contribution in [-0.2, 0) is 0 Å². The Hall–Kier alpha value is -1.33. The number of nitrogens with zero attached hydrogens (tertiary/aromatic N) is 2. The lowest BCUT2D eigenvalue weighted by atomic mass is 10.2. The number of unbranched alkanes of at least 4 members (excludes halogenated alkanes) is 1. The van der Waals surface area contributed by atoms with Crippen LogP contribution in [0.15, 0.2) is 18.5 Å². The third kappa shape index (κ3) is 5.87. The van der Waals surface area contributed by atoms with Crippen molar-refractivity contribution < 1.29 is 13.2 Å². The molecule has 0 aromatic carbocycles. The minimum atomic E-state index is -4.05. The van der Waals surface area contributed by atoms with Gasteiger partial charge in [-0.15, -0.1) is 0 Å². The highest BCUT2D eigenvalue weighted by Crippen LogP contribution is 2.21. The van der Waals surface area contributed by atoms with Crippen molar-refractivity contribution in [3.05, 3.63) is 18.5 Å². The quantitative estimate of drug-likeness (QED) is 0.773. The molecule has 6 heteroatoms. The van der Waals surface area contributed by atoms with Gasteiger partial charge in [-0.2, -0.15) is 13.2 Å². The summed E-state index contributed by atoms with van der Waals surface area (Å²) in [7, 11) is 0. The minimum absolute atomic E-state index is 0.128. The molecule has 84 valence electrons. The minimum Gasteiger partial charge on any atom is -0.354 e. The second-order valence-electron chi connectivity index (χ2n) is 3.07. The zero-order valence-electron chi connectivity index (χ0n) is 8.09. The molecule has 0 bridgehead atoms. The molecule has 0 fully saturated rings. The van der Waals surface area contributed by atoms with E-state index in [2.05, 4.69) is 15.3 Å². The number of aromatic nitrogens is 2. The summed E-state index contributed by atoms with van der Waals surface area (Å²) in [5, 5.41) is 2.84. The van der Waals surface area contributed by atoms with Gasteiger partial charge in [0.05, 0.1) is 0 Å². The summed E-state index contributed by atoms with van der Waals surface area (Å²) in [6.45, 7) is 0.458. The van der Waals surface area contributed by atoms with Gasteiger partial charge >= 0.3 is 6.18 Å². The Bertz CT molecular complexity index is 274. The van der Waals surface area contributed by atoms with Crippen molar-refractivity contribution in [2.75, 3.05) is 11.9 Å². The summed E-state index contributed by atoms with van der Waals surface area (Å²) < 4.78 is 35.3. The first-order valence-electron chi connectivity index (χ1n) is 4.65. The highest BCUT2D eigenvalue weighted by atomic mass is 19.4. The van der Waals surface area contributed by atoms with E-state index in [0.717, 1.165) is 0 Å². The average molecular weight is 219 g/mol. The zero-order chi connectivity index (χ0) is 11.1. The first-order chi connectivity index (χ1) is 7.08. The van der Waals surface area contributed by atoms with Crippen LogP contribution in [-0.4, -0.2) is 22.7 Å². The highest BCUT2D eigenvalue weighted by Gasteiger charge is 2.25. The highest BCUT2D eigenvalue weighted by molar-refractivity contribution is 5.21. The molecule has 0 amide bonds. The Kier molecular flexibility index (Phi) is 4.33. The van der Waals surface area contributed by atoms with Gasteiger partial charge in [0.2, 0.25) is 5.95 Å². The van der Waals surface area contributed by atoms with Crippen molar-refractivity contribution in [1.82, 2.24) is 9.97 Å². The van der Waals surface area contributed by atoms with Crippen LogP contribution < -0.4 is 5.32 Å². The third-order valence-corrected chi connectivity index (χ3v) is 1.74. The second-order valence-corrected chi connectivity index (χ2v) is 3.07. The number of nitrogens with one attached hydrogen (secondary N) is 1. The van der Waals surface area contributed by atoms with Crippen molar-refractivity contribution in [2.45, 2.75) is 25.4 Å². The number of alkyl halides is 3. The fourth-order valence-electron chi connectivity index (χ4n) is 1.04. The topological polar surface area (TPSA) is 37.8 Å². The van der Waals surface area contributed by atoms with E-state index in [4.69, 9.17) is 0 Å². The number of halogens is 3. The van der Waals surface area contributed by atoms with Gasteiger partial charge in [-0.05, 0) is 18.9 Å². The number of anilines is 1. The van der Waals surface area contributed by atoms with Gasteiger partial charge in [0, 0.05) is 25.4 Å². The van der Waals surface area contributed by atoms with Crippen LogP contribution in [0.25, 0.3) is 0 Å². The van der Waals surface area contributed by atoms with E-state index in [1.54, 1.807) is 18.5 Å². The smallest absolute Gasteiger partial charge is 0.354 e. The van der Waals surface area contributed by atoms with E-state index in [-0.39, 0.29) is 6.42 Å². The van der Waals surface area contributed by atoms with E-state index < -0.39 is 12.6 Å². The summed E-state index contributed by atoms with van der Waals surface area (Å²) in [6.07, 6.45) is -1.05. The maximum atomic E-state index is 11.8. The molecule has 1 aromatic heterocycles. The van der Waals surface area contributed by atoms with Crippen molar-refractivity contribution in [2.24, 2.45) is 0 Å². The second kappa shape index (κ2) is 5.53. The fourth-order valence-corrected chi connectivity index (χ4v) is 1.04. The van der Waals surface area contributed by atoms with Crippen LogP contribution in [0.2, 0.25) is 0 Å². The van der Waals surface area contributed by atoms with Crippen molar-refractivity contribution in [3.8, 4) is 0 Å². The van der Waals surface area contributed by atoms with Crippen LogP contribution in [0.4, 0.5) is 19.1 Å². The molecule has 0 aliphatic rings. The molecule has 0 radical (unpaired) electrons. The predicted molar refractivity (Wildman–Crippen MR) is 50.4 cm³/mol. The number of hydrogen-bond acceptors (Lipinski definition) is 3. The molecule has 3 nitrogen and oxygen atoms in total. The lowest BCUT2D eigenvalue weighted by Gasteiger charge is -2.06. The van der Waals surface area contributed by atoms with Crippen LogP contribution in [0.1, 0.15) is 19.3 Å². The molecule has 15 heavy (non-hydrogen) atoms. The normalized spacial score (nSPS) is 11.4. The number of rotatable bonds is 5. The molecule has 0 atom stereocenters. The molecule has 1 aromatic rings. The number of hydrogen-bond donors (Lipinski definition) is 1. The van der Waals surface area contributed by atoms with Gasteiger partial charge < -0.3 is 5.32 Å². The zero-order valence-corrected chi connectivity index (χ0v) is 8.09.